The van der Waals surface area contributed by atoms with Gasteiger partial charge in [-0.15, -0.1) is 0 Å². The molecule has 0 aromatic heterocycles. The van der Waals surface area contributed by atoms with Crippen molar-refractivity contribution < 1.29 is 19.1 Å². The fourth-order valence-electron chi connectivity index (χ4n) is 2.34. The van der Waals surface area contributed by atoms with Gasteiger partial charge in [-0.25, -0.2) is 0 Å². The van der Waals surface area contributed by atoms with Crippen LogP contribution in [0.3, 0.4) is 0 Å². The highest BCUT2D eigenvalue weighted by atomic mass is 16.5. The summed E-state index contributed by atoms with van der Waals surface area (Å²) in [6, 6.07) is 14.9. The minimum Gasteiger partial charge on any atom is -0.496 e. The van der Waals surface area contributed by atoms with Crippen LogP contribution in [0, 0.1) is 6.92 Å². The predicted octanol–water partition coefficient (Wildman–Crippen LogP) is 3.51. The summed E-state index contributed by atoms with van der Waals surface area (Å²) < 4.78 is 10.5. The summed E-state index contributed by atoms with van der Waals surface area (Å²) >= 11 is 0. The van der Waals surface area contributed by atoms with E-state index in [-0.39, 0.29) is 12.3 Å². The molecule has 2 aromatic carbocycles. The third kappa shape index (κ3) is 5.64. The van der Waals surface area contributed by atoms with Crippen molar-refractivity contribution in [1.82, 2.24) is 0 Å². The second kappa shape index (κ2) is 8.87. The molecule has 5 nitrogen and oxygen atoms in total. The third-order valence-corrected chi connectivity index (χ3v) is 3.79. The summed E-state index contributed by atoms with van der Waals surface area (Å²) in [5.74, 6) is -0.0348. The second-order valence-electron chi connectivity index (χ2n) is 5.80. The van der Waals surface area contributed by atoms with Crippen LogP contribution < -0.4 is 10.1 Å². The number of esters is 1. The standard InChI is InChI=1S/C20H23NO4/c1-14-8-11-17(12-9-14)21-20(23)15(2)25-19(22)13-10-16-6-4-5-7-18(16)24-3/h4-9,11-12,15H,10,13H2,1-3H3,(H,21,23)/t15-/m0/s1. The van der Waals surface area contributed by atoms with Crippen LogP contribution in [-0.4, -0.2) is 25.1 Å². The van der Waals surface area contributed by atoms with Crippen molar-refractivity contribution in [2.45, 2.75) is 32.8 Å². The number of anilines is 1. The summed E-state index contributed by atoms with van der Waals surface area (Å²) in [5.41, 5.74) is 2.71. The Labute approximate surface area is 148 Å². The van der Waals surface area contributed by atoms with Crippen molar-refractivity contribution >= 4 is 17.6 Å². The molecule has 0 unspecified atom stereocenters. The van der Waals surface area contributed by atoms with Gasteiger partial charge in [-0.2, -0.15) is 0 Å². The Hall–Kier alpha value is -2.82. The Kier molecular flexibility index (Phi) is 6.57. The normalized spacial score (nSPS) is 11.5. The molecular weight excluding hydrogens is 318 g/mol. The number of methoxy groups -OCH3 is 1. The van der Waals surface area contributed by atoms with Gasteiger partial charge in [0.25, 0.3) is 5.91 Å². The average Bonchev–Trinajstić information content (AvgIpc) is 2.62. The first-order valence-corrected chi connectivity index (χ1v) is 8.18. The smallest absolute Gasteiger partial charge is 0.306 e. The Morgan fingerprint density at radius 3 is 2.44 bits per heavy atom. The van der Waals surface area contributed by atoms with E-state index < -0.39 is 12.1 Å². The zero-order valence-electron chi connectivity index (χ0n) is 14.7. The molecule has 0 aliphatic heterocycles. The molecule has 0 aliphatic rings. The van der Waals surface area contributed by atoms with Gasteiger partial charge in [0.05, 0.1) is 7.11 Å². The quantitative estimate of drug-likeness (QED) is 0.783. The molecule has 0 saturated carbocycles. The van der Waals surface area contributed by atoms with Crippen molar-refractivity contribution in [3.05, 3.63) is 59.7 Å². The summed E-state index contributed by atoms with van der Waals surface area (Å²) in [5, 5.41) is 2.73. The molecule has 0 aliphatic carbocycles. The number of carbonyl (C=O) groups excluding carboxylic acids is 2. The van der Waals surface area contributed by atoms with Crippen molar-refractivity contribution in [2.24, 2.45) is 0 Å². The molecule has 0 fully saturated rings. The molecule has 1 amide bonds. The highest BCUT2D eigenvalue weighted by Crippen LogP contribution is 2.19. The molecule has 0 heterocycles. The van der Waals surface area contributed by atoms with E-state index in [2.05, 4.69) is 5.32 Å². The SMILES string of the molecule is COc1ccccc1CCC(=O)O[C@@H](C)C(=O)Nc1ccc(C)cc1. The van der Waals surface area contributed by atoms with E-state index in [1.807, 2.05) is 55.5 Å². The summed E-state index contributed by atoms with van der Waals surface area (Å²) in [6.45, 7) is 3.53. The number of amides is 1. The van der Waals surface area contributed by atoms with Gasteiger partial charge in [-0.05, 0) is 44.0 Å². The number of hydrogen-bond acceptors (Lipinski definition) is 4. The first-order chi connectivity index (χ1) is 12.0. The minimum atomic E-state index is -0.855. The number of rotatable bonds is 7. The van der Waals surface area contributed by atoms with E-state index in [4.69, 9.17) is 9.47 Å². The topological polar surface area (TPSA) is 64.6 Å². The second-order valence-corrected chi connectivity index (χ2v) is 5.80. The fraction of sp³-hybridized carbons (Fsp3) is 0.300. The maximum atomic E-state index is 12.1. The van der Waals surface area contributed by atoms with Crippen LogP contribution in [0.5, 0.6) is 5.75 Å². The van der Waals surface area contributed by atoms with Crippen LogP contribution in [-0.2, 0) is 20.7 Å². The molecule has 25 heavy (non-hydrogen) atoms. The largest absolute Gasteiger partial charge is 0.496 e. The number of carbonyl (C=O) groups is 2. The van der Waals surface area contributed by atoms with Gasteiger partial charge in [0.2, 0.25) is 0 Å². The average molecular weight is 341 g/mol. The lowest BCUT2D eigenvalue weighted by Gasteiger charge is -2.14. The third-order valence-electron chi connectivity index (χ3n) is 3.79. The van der Waals surface area contributed by atoms with Crippen molar-refractivity contribution in [1.29, 1.82) is 0 Å². The maximum absolute atomic E-state index is 12.1. The number of benzene rings is 2. The van der Waals surface area contributed by atoms with Crippen LogP contribution in [0.4, 0.5) is 5.69 Å². The zero-order valence-corrected chi connectivity index (χ0v) is 14.7. The van der Waals surface area contributed by atoms with Gasteiger partial charge >= 0.3 is 5.97 Å². The number of hydrogen-bond donors (Lipinski definition) is 1. The first-order valence-electron chi connectivity index (χ1n) is 8.18. The van der Waals surface area contributed by atoms with Crippen LogP contribution in [0.2, 0.25) is 0 Å². The fourth-order valence-corrected chi connectivity index (χ4v) is 2.34. The Balaban J connectivity index is 1.82. The number of aryl methyl sites for hydroxylation is 2. The minimum absolute atomic E-state index is 0.183. The van der Waals surface area contributed by atoms with Crippen molar-refractivity contribution in [3.8, 4) is 5.75 Å². The molecule has 0 radical (unpaired) electrons. The van der Waals surface area contributed by atoms with E-state index in [1.165, 1.54) is 0 Å². The maximum Gasteiger partial charge on any atom is 0.306 e. The summed E-state index contributed by atoms with van der Waals surface area (Å²) in [7, 11) is 1.59. The molecule has 0 bridgehead atoms. The van der Waals surface area contributed by atoms with Crippen LogP contribution in [0.1, 0.15) is 24.5 Å². The first kappa shape index (κ1) is 18.5. The molecule has 0 saturated heterocycles. The molecule has 1 atom stereocenters. The highest BCUT2D eigenvalue weighted by Gasteiger charge is 2.18. The zero-order chi connectivity index (χ0) is 18.2. The molecule has 2 aromatic rings. The molecule has 1 N–H and O–H groups in total. The van der Waals surface area contributed by atoms with Gasteiger partial charge in [0.1, 0.15) is 5.75 Å². The molecule has 132 valence electrons. The van der Waals surface area contributed by atoms with Crippen LogP contribution in [0.25, 0.3) is 0 Å². The summed E-state index contributed by atoms with van der Waals surface area (Å²) in [6.07, 6.45) is -0.177. The van der Waals surface area contributed by atoms with E-state index in [9.17, 15) is 9.59 Å². The monoisotopic (exact) mass is 341 g/mol. The Morgan fingerprint density at radius 2 is 1.76 bits per heavy atom. The molecular formula is C20H23NO4. The number of para-hydroxylation sites is 1. The molecule has 5 heteroatoms. The van der Waals surface area contributed by atoms with E-state index in [0.717, 1.165) is 16.9 Å². The summed E-state index contributed by atoms with van der Waals surface area (Å²) in [4.78, 5) is 24.1. The number of ether oxygens (including phenoxy) is 2. The molecule has 0 spiro atoms. The van der Waals surface area contributed by atoms with E-state index in [0.29, 0.717) is 12.1 Å². The van der Waals surface area contributed by atoms with Gasteiger partial charge in [0.15, 0.2) is 6.10 Å². The molecule has 2 rings (SSSR count). The van der Waals surface area contributed by atoms with Crippen LogP contribution >= 0.6 is 0 Å². The van der Waals surface area contributed by atoms with E-state index >= 15 is 0 Å². The predicted molar refractivity (Wildman–Crippen MR) is 96.7 cm³/mol. The van der Waals surface area contributed by atoms with Gasteiger partial charge < -0.3 is 14.8 Å². The van der Waals surface area contributed by atoms with Gasteiger partial charge in [-0.1, -0.05) is 35.9 Å². The van der Waals surface area contributed by atoms with Crippen molar-refractivity contribution in [2.75, 3.05) is 12.4 Å². The van der Waals surface area contributed by atoms with Gasteiger partial charge in [0, 0.05) is 12.1 Å². The van der Waals surface area contributed by atoms with Gasteiger partial charge in [-0.3, -0.25) is 9.59 Å². The lowest BCUT2D eigenvalue weighted by atomic mass is 10.1. The number of nitrogens with one attached hydrogen (secondary N) is 1. The van der Waals surface area contributed by atoms with E-state index in [1.54, 1.807) is 14.0 Å². The lowest BCUT2D eigenvalue weighted by molar-refractivity contribution is -0.153. The van der Waals surface area contributed by atoms with Crippen LogP contribution in [0.15, 0.2) is 48.5 Å². The lowest BCUT2D eigenvalue weighted by Crippen LogP contribution is -2.30. The Morgan fingerprint density at radius 1 is 1.08 bits per heavy atom. The highest BCUT2D eigenvalue weighted by molar-refractivity contribution is 5.95. The van der Waals surface area contributed by atoms with Crippen molar-refractivity contribution in [3.63, 3.8) is 0 Å². The Bertz CT molecular complexity index is 725.